The number of phenols is 1. The molecule has 25 heavy (non-hydrogen) atoms. The van der Waals surface area contributed by atoms with Crippen LogP contribution in [0.1, 0.15) is 36.0 Å². The number of H-pyrrole nitrogens is 1. The highest BCUT2D eigenvalue weighted by Crippen LogP contribution is 2.30. The number of nitro benzene ring substituents is 1. The van der Waals surface area contributed by atoms with Gasteiger partial charge in [-0.1, -0.05) is 19.1 Å². The van der Waals surface area contributed by atoms with E-state index in [1.165, 1.54) is 6.07 Å². The minimum Gasteiger partial charge on any atom is -0.502 e. The van der Waals surface area contributed by atoms with Crippen LogP contribution in [0.5, 0.6) is 5.75 Å². The van der Waals surface area contributed by atoms with Crippen molar-refractivity contribution in [1.82, 2.24) is 14.9 Å². The van der Waals surface area contributed by atoms with Crippen molar-refractivity contribution in [1.29, 1.82) is 0 Å². The third-order valence-corrected chi connectivity index (χ3v) is 4.37. The Hall–Kier alpha value is -2.74. The molecule has 132 valence electrons. The number of phenolic OH excluding ortho intramolecular Hbond substituents is 1. The van der Waals surface area contributed by atoms with E-state index in [-0.39, 0.29) is 17.0 Å². The van der Waals surface area contributed by atoms with E-state index >= 15 is 0 Å². The molecular weight excluding hydrogens is 324 g/mol. The van der Waals surface area contributed by atoms with Crippen LogP contribution in [0, 0.1) is 10.1 Å². The van der Waals surface area contributed by atoms with Gasteiger partial charge in [0, 0.05) is 44.1 Å². The highest BCUT2D eigenvalue weighted by atomic mass is 16.6. The molecule has 0 unspecified atom stereocenters. The molecule has 3 rings (SSSR count). The van der Waals surface area contributed by atoms with E-state index in [1.54, 1.807) is 12.1 Å². The SMILES string of the molecule is CCCc1nc2c(c(=O)[nH]1)CN(Cc1cccc([N+](=O)[O-])c1O)CC2. The minimum atomic E-state index is -0.603. The Morgan fingerprint density at radius 3 is 2.96 bits per heavy atom. The summed E-state index contributed by atoms with van der Waals surface area (Å²) in [5, 5.41) is 21.0. The number of hydrogen-bond donors (Lipinski definition) is 2. The second-order valence-corrected chi connectivity index (χ2v) is 6.19. The predicted molar refractivity (Wildman–Crippen MR) is 91.4 cm³/mol. The van der Waals surface area contributed by atoms with Gasteiger partial charge < -0.3 is 10.1 Å². The first kappa shape index (κ1) is 17.1. The summed E-state index contributed by atoms with van der Waals surface area (Å²) in [6.45, 7) is 3.46. The standard InChI is InChI=1S/C17H20N4O4/c1-2-4-15-18-13-7-8-20(10-12(13)17(23)19-15)9-11-5-3-6-14(16(11)22)21(24)25/h3,5-6,22H,2,4,7-10H2,1H3,(H,18,19,23). The molecule has 1 aliphatic heterocycles. The van der Waals surface area contributed by atoms with Gasteiger partial charge in [0.15, 0.2) is 5.75 Å². The van der Waals surface area contributed by atoms with Gasteiger partial charge >= 0.3 is 5.69 Å². The molecule has 1 aromatic heterocycles. The zero-order valence-corrected chi connectivity index (χ0v) is 14.0. The number of rotatable bonds is 5. The molecule has 1 aliphatic rings. The van der Waals surface area contributed by atoms with Crippen LogP contribution in [0.25, 0.3) is 0 Å². The lowest BCUT2D eigenvalue weighted by molar-refractivity contribution is -0.385. The Morgan fingerprint density at radius 1 is 1.44 bits per heavy atom. The second kappa shape index (κ2) is 7.02. The summed E-state index contributed by atoms with van der Waals surface area (Å²) in [6.07, 6.45) is 2.30. The highest BCUT2D eigenvalue weighted by molar-refractivity contribution is 5.50. The maximum absolute atomic E-state index is 12.3. The molecule has 0 bridgehead atoms. The van der Waals surface area contributed by atoms with E-state index in [4.69, 9.17) is 0 Å². The number of aryl methyl sites for hydroxylation is 1. The maximum Gasteiger partial charge on any atom is 0.311 e. The summed E-state index contributed by atoms with van der Waals surface area (Å²) >= 11 is 0. The lowest BCUT2D eigenvalue weighted by Crippen LogP contribution is -2.35. The lowest BCUT2D eigenvalue weighted by Gasteiger charge is -2.27. The summed E-state index contributed by atoms with van der Waals surface area (Å²) in [4.78, 5) is 32.0. The number of nitrogens with one attached hydrogen (secondary N) is 1. The van der Waals surface area contributed by atoms with E-state index in [2.05, 4.69) is 9.97 Å². The molecule has 2 N–H and O–H groups in total. The predicted octanol–water partition coefficient (Wildman–Crippen LogP) is 1.89. The number of aromatic nitrogens is 2. The number of nitro groups is 1. The van der Waals surface area contributed by atoms with Crippen molar-refractivity contribution in [3.8, 4) is 5.75 Å². The van der Waals surface area contributed by atoms with Crippen molar-refractivity contribution in [2.24, 2.45) is 0 Å². The largest absolute Gasteiger partial charge is 0.502 e. The van der Waals surface area contributed by atoms with Crippen LogP contribution in [-0.2, 0) is 25.9 Å². The van der Waals surface area contributed by atoms with Gasteiger partial charge in [0.1, 0.15) is 5.82 Å². The molecular formula is C17H20N4O4. The van der Waals surface area contributed by atoms with Gasteiger partial charge in [0.2, 0.25) is 0 Å². The minimum absolute atomic E-state index is 0.124. The van der Waals surface area contributed by atoms with E-state index in [1.807, 2.05) is 11.8 Å². The van der Waals surface area contributed by atoms with Gasteiger partial charge in [0.25, 0.3) is 5.56 Å². The van der Waals surface area contributed by atoms with Gasteiger partial charge in [-0.3, -0.25) is 19.8 Å². The first-order chi connectivity index (χ1) is 12.0. The zero-order chi connectivity index (χ0) is 18.0. The molecule has 0 spiro atoms. The summed E-state index contributed by atoms with van der Waals surface area (Å²) in [7, 11) is 0. The van der Waals surface area contributed by atoms with Gasteiger partial charge in [-0.25, -0.2) is 4.98 Å². The number of para-hydroxylation sites is 1. The summed E-state index contributed by atoms with van der Waals surface area (Å²) in [5.41, 5.74) is 1.51. The first-order valence-electron chi connectivity index (χ1n) is 8.28. The van der Waals surface area contributed by atoms with Gasteiger partial charge in [-0.15, -0.1) is 0 Å². The van der Waals surface area contributed by atoms with Crippen LogP contribution in [0.2, 0.25) is 0 Å². The maximum atomic E-state index is 12.3. The van der Waals surface area contributed by atoms with E-state index < -0.39 is 4.92 Å². The van der Waals surface area contributed by atoms with Gasteiger partial charge in [-0.2, -0.15) is 0 Å². The zero-order valence-electron chi connectivity index (χ0n) is 14.0. The summed E-state index contributed by atoms with van der Waals surface area (Å²) in [6, 6.07) is 4.48. The van der Waals surface area contributed by atoms with Crippen molar-refractivity contribution >= 4 is 5.69 Å². The molecule has 0 saturated carbocycles. The average Bonchev–Trinajstić information content (AvgIpc) is 2.57. The fourth-order valence-electron chi connectivity index (χ4n) is 3.12. The van der Waals surface area contributed by atoms with E-state index in [9.17, 15) is 20.0 Å². The van der Waals surface area contributed by atoms with E-state index in [0.717, 1.165) is 24.4 Å². The smallest absolute Gasteiger partial charge is 0.311 e. The first-order valence-corrected chi connectivity index (χ1v) is 8.28. The molecule has 0 amide bonds. The molecule has 0 radical (unpaired) electrons. The van der Waals surface area contributed by atoms with Gasteiger partial charge in [-0.05, 0) is 6.42 Å². The fraction of sp³-hybridized carbons (Fsp3) is 0.412. The molecule has 1 aromatic carbocycles. The average molecular weight is 344 g/mol. The molecule has 0 saturated heterocycles. The lowest BCUT2D eigenvalue weighted by atomic mass is 10.1. The highest BCUT2D eigenvalue weighted by Gasteiger charge is 2.23. The van der Waals surface area contributed by atoms with Crippen molar-refractivity contribution < 1.29 is 10.0 Å². The van der Waals surface area contributed by atoms with Crippen molar-refractivity contribution in [3.63, 3.8) is 0 Å². The van der Waals surface area contributed by atoms with Crippen molar-refractivity contribution in [2.75, 3.05) is 6.54 Å². The van der Waals surface area contributed by atoms with Crippen LogP contribution in [0.4, 0.5) is 5.69 Å². The quantitative estimate of drug-likeness (QED) is 0.633. The molecule has 0 aliphatic carbocycles. The number of hydrogen-bond acceptors (Lipinski definition) is 6. The molecule has 8 nitrogen and oxygen atoms in total. The molecule has 0 atom stereocenters. The van der Waals surface area contributed by atoms with Crippen molar-refractivity contribution in [2.45, 2.75) is 39.3 Å². The molecule has 2 aromatic rings. The summed E-state index contributed by atoms with van der Waals surface area (Å²) in [5.74, 6) is 0.402. The summed E-state index contributed by atoms with van der Waals surface area (Å²) < 4.78 is 0. The van der Waals surface area contributed by atoms with Crippen LogP contribution >= 0.6 is 0 Å². The third kappa shape index (κ3) is 3.53. The normalized spacial score (nSPS) is 14.3. The topological polar surface area (TPSA) is 112 Å². The Balaban J connectivity index is 1.81. The Kier molecular flexibility index (Phi) is 4.80. The second-order valence-electron chi connectivity index (χ2n) is 6.19. The number of aromatic amines is 1. The number of fused-ring (bicyclic) bond motifs is 1. The van der Waals surface area contributed by atoms with Crippen LogP contribution in [0.3, 0.4) is 0 Å². The van der Waals surface area contributed by atoms with E-state index in [0.29, 0.717) is 37.2 Å². The monoisotopic (exact) mass is 344 g/mol. The molecule has 0 fully saturated rings. The Labute approximate surface area is 144 Å². The number of benzene rings is 1. The molecule has 8 heteroatoms. The fourth-order valence-corrected chi connectivity index (χ4v) is 3.12. The van der Waals surface area contributed by atoms with Crippen LogP contribution in [0.15, 0.2) is 23.0 Å². The third-order valence-electron chi connectivity index (χ3n) is 4.37. The van der Waals surface area contributed by atoms with Crippen LogP contribution in [-0.4, -0.2) is 31.4 Å². The Bertz CT molecular complexity index is 862. The Morgan fingerprint density at radius 2 is 2.24 bits per heavy atom. The van der Waals surface area contributed by atoms with Crippen LogP contribution < -0.4 is 5.56 Å². The molecule has 2 heterocycles. The van der Waals surface area contributed by atoms with Gasteiger partial charge in [0.05, 0.1) is 16.2 Å². The number of aromatic hydroxyl groups is 1. The number of nitrogens with zero attached hydrogens (tertiary/aromatic N) is 3. The van der Waals surface area contributed by atoms with Crippen molar-refractivity contribution in [3.05, 3.63) is 61.3 Å².